The van der Waals surface area contributed by atoms with E-state index >= 15 is 0 Å². The van der Waals surface area contributed by atoms with Crippen molar-refractivity contribution >= 4 is 5.91 Å². The lowest BCUT2D eigenvalue weighted by atomic mass is 9.46. The highest BCUT2D eigenvalue weighted by atomic mass is 16.2. The summed E-state index contributed by atoms with van der Waals surface area (Å²) < 4.78 is 0. The predicted octanol–water partition coefficient (Wildman–Crippen LogP) is 3.37. The fourth-order valence-electron chi connectivity index (χ4n) is 9.24. The van der Waals surface area contributed by atoms with Crippen molar-refractivity contribution in [2.45, 2.75) is 88.1 Å². The van der Waals surface area contributed by atoms with Gasteiger partial charge in [0.2, 0.25) is 5.91 Å². The molecule has 3 heteroatoms. The van der Waals surface area contributed by atoms with Crippen LogP contribution in [0.15, 0.2) is 0 Å². The van der Waals surface area contributed by atoms with Gasteiger partial charge in [0, 0.05) is 11.1 Å². The van der Waals surface area contributed by atoms with E-state index < -0.39 is 0 Å². The largest absolute Gasteiger partial charge is 0.350 e. The predicted molar refractivity (Wildman–Crippen MR) is 93.1 cm³/mol. The highest BCUT2D eigenvalue weighted by Gasteiger charge is 2.61. The first-order valence-corrected chi connectivity index (χ1v) is 10.5. The molecular weight excluding hydrogens is 296 g/mol. The standard InChI is InChI=1S/C21H32N2O/c22-20-7-16-4-17(8-20)6-19(5-16,12-20)18(24)23-21-9-13-1-14(10-21)3-15(2-13)11-21/h13-17H,1-12,22H2,(H,23,24). The lowest BCUT2D eigenvalue weighted by Gasteiger charge is -2.62. The molecule has 132 valence electrons. The zero-order chi connectivity index (χ0) is 16.2. The number of hydrogen-bond donors (Lipinski definition) is 2. The molecule has 0 aromatic heterocycles. The Morgan fingerprint density at radius 2 is 1.25 bits per heavy atom. The molecule has 8 fully saturated rings. The smallest absolute Gasteiger partial charge is 0.226 e. The fourth-order valence-corrected chi connectivity index (χ4v) is 9.24. The molecule has 8 aliphatic rings. The van der Waals surface area contributed by atoms with Crippen LogP contribution in [-0.2, 0) is 4.79 Å². The molecule has 8 aliphatic carbocycles. The van der Waals surface area contributed by atoms with E-state index in [1.165, 1.54) is 57.8 Å². The van der Waals surface area contributed by atoms with E-state index in [2.05, 4.69) is 5.32 Å². The van der Waals surface area contributed by atoms with Crippen molar-refractivity contribution in [3.63, 3.8) is 0 Å². The third kappa shape index (κ3) is 1.97. The third-order valence-corrected chi connectivity index (χ3v) is 9.00. The lowest BCUT2D eigenvalue weighted by Crippen LogP contribution is -2.67. The van der Waals surface area contributed by atoms with Crippen molar-refractivity contribution in [2.24, 2.45) is 40.7 Å². The summed E-state index contributed by atoms with van der Waals surface area (Å²) >= 11 is 0. The molecule has 1 amide bonds. The molecule has 3 nitrogen and oxygen atoms in total. The summed E-state index contributed by atoms with van der Waals surface area (Å²) in [5, 5.41) is 3.70. The number of amides is 1. The lowest BCUT2D eigenvalue weighted by molar-refractivity contribution is -0.153. The van der Waals surface area contributed by atoms with Crippen molar-refractivity contribution in [3.05, 3.63) is 0 Å². The van der Waals surface area contributed by atoms with Gasteiger partial charge in [0.25, 0.3) is 0 Å². The second-order valence-electron chi connectivity index (χ2n) is 11.3. The summed E-state index contributed by atoms with van der Waals surface area (Å²) in [6.07, 6.45) is 15.0. The SMILES string of the molecule is NC12CC3CC(C1)CC(C(=O)NC14CC5CC(CC(C5)C1)C4)(C3)C2. The summed E-state index contributed by atoms with van der Waals surface area (Å²) in [6, 6.07) is 0. The van der Waals surface area contributed by atoms with Crippen molar-refractivity contribution < 1.29 is 4.79 Å². The van der Waals surface area contributed by atoms with E-state index in [-0.39, 0.29) is 16.5 Å². The fraction of sp³-hybridized carbons (Fsp3) is 0.952. The van der Waals surface area contributed by atoms with Crippen LogP contribution < -0.4 is 11.1 Å². The molecule has 2 unspecified atom stereocenters. The Bertz CT molecular complexity index is 547. The third-order valence-electron chi connectivity index (χ3n) is 9.00. The van der Waals surface area contributed by atoms with E-state index in [4.69, 9.17) is 5.73 Å². The number of carbonyl (C=O) groups excluding carboxylic acids is 1. The van der Waals surface area contributed by atoms with Gasteiger partial charge in [0.05, 0.1) is 5.41 Å². The van der Waals surface area contributed by atoms with Gasteiger partial charge in [-0.25, -0.2) is 0 Å². The Morgan fingerprint density at radius 3 is 1.75 bits per heavy atom. The molecule has 0 spiro atoms. The van der Waals surface area contributed by atoms with Crippen LogP contribution in [0.25, 0.3) is 0 Å². The van der Waals surface area contributed by atoms with Crippen LogP contribution in [0.1, 0.15) is 77.0 Å². The Kier molecular flexibility index (Phi) is 2.67. The summed E-state index contributed by atoms with van der Waals surface area (Å²) in [4.78, 5) is 13.6. The average molecular weight is 329 g/mol. The van der Waals surface area contributed by atoms with Crippen molar-refractivity contribution in [3.8, 4) is 0 Å². The van der Waals surface area contributed by atoms with Crippen LogP contribution in [0.2, 0.25) is 0 Å². The average Bonchev–Trinajstić information content (AvgIpc) is 2.42. The first kappa shape index (κ1) is 14.6. The normalized spacial score (nSPS) is 59.8. The number of carbonyl (C=O) groups is 1. The minimum absolute atomic E-state index is 0.0249. The minimum Gasteiger partial charge on any atom is -0.350 e. The van der Waals surface area contributed by atoms with Crippen molar-refractivity contribution in [1.29, 1.82) is 0 Å². The summed E-state index contributed by atoms with van der Waals surface area (Å²) in [7, 11) is 0. The van der Waals surface area contributed by atoms with E-state index in [9.17, 15) is 4.79 Å². The first-order chi connectivity index (χ1) is 11.4. The molecule has 0 heterocycles. The second kappa shape index (κ2) is 4.39. The van der Waals surface area contributed by atoms with E-state index in [0.29, 0.717) is 5.91 Å². The molecule has 0 aliphatic heterocycles. The molecular formula is C21H32N2O. The van der Waals surface area contributed by atoms with Crippen LogP contribution in [0.5, 0.6) is 0 Å². The molecule has 0 radical (unpaired) electrons. The van der Waals surface area contributed by atoms with Crippen LogP contribution in [0.3, 0.4) is 0 Å². The summed E-state index contributed by atoms with van der Waals surface area (Å²) in [6.45, 7) is 0. The van der Waals surface area contributed by atoms with Crippen LogP contribution in [-0.4, -0.2) is 17.0 Å². The van der Waals surface area contributed by atoms with E-state index in [0.717, 1.165) is 48.9 Å². The van der Waals surface area contributed by atoms with Gasteiger partial charge in [0.15, 0.2) is 0 Å². The highest BCUT2D eigenvalue weighted by Crippen LogP contribution is 2.62. The van der Waals surface area contributed by atoms with Gasteiger partial charge in [-0.1, -0.05) is 0 Å². The van der Waals surface area contributed by atoms with Crippen LogP contribution in [0.4, 0.5) is 0 Å². The second-order valence-corrected chi connectivity index (χ2v) is 11.3. The first-order valence-electron chi connectivity index (χ1n) is 10.5. The van der Waals surface area contributed by atoms with Gasteiger partial charge in [-0.2, -0.15) is 0 Å². The van der Waals surface area contributed by atoms with Crippen molar-refractivity contribution in [2.75, 3.05) is 0 Å². The molecule has 24 heavy (non-hydrogen) atoms. The van der Waals surface area contributed by atoms with Gasteiger partial charge in [0.1, 0.15) is 0 Å². The Morgan fingerprint density at radius 1 is 0.750 bits per heavy atom. The van der Waals surface area contributed by atoms with Crippen molar-refractivity contribution in [1.82, 2.24) is 5.32 Å². The van der Waals surface area contributed by atoms with Gasteiger partial charge < -0.3 is 11.1 Å². The molecule has 0 aromatic rings. The molecule has 2 atom stereocenters. The Balaban J connectivity index is 1.27. The number of nitrogens with one attached hydrogen (secondary N) is 1. The molecule has 8 bridgehead atoms. The maximum absolute atomic E-state index is 13.6. The van der Waals surface area contributed by atoms with Gasteiger partial charge in [-0.05, 0) is 107 Å². The zero-order valence-corrected chi connectivity index (χ0v) is 14.9. The maximum Gasteiger partial charge on any atom is 0.226 e. The molecule has 0 aromatic carbocycles. The number of rotatable bonds is 2. The molecule has 0 saturated heterocycles. The van der Waals surface area contributed by atoms with Crippen LogP contribution in [0, 0.1) is 35.0 Å². The Hall–Kier alpha value is -0.570. The quantitative estimate of drug-likeness (QED) is 0.816. The van der Waals surface area contributed by atoms with Gasteiger partial charge >= 0.3 is 0 Å². The number of hydrogen-bond acceptors (Lipinski definition) is 2. The minimum atomic E-state index is -0.109. The summed E-state index contributed by atoms with van der Waals surface area (Å²) in [5.41, 5.74) is 6.75. The molecule has 3 N–H and O–H groups in total. The van der Waals surface area contributed by atoms with Gasteiger partial charge in [-0.3, -0.25) is 4.79 Å². The molecule has 8 saturated carbocycles. The Labute approximate surface area is 145 Å². The zero-order valence-electron chi connectivity index (χ0n) is 14.9. The van der Waals surface area contributed by atoms with E-state index in [1.807, 2.05) is 0 Å². The highest BCUT2D eigenvalue weighted by molar-refractivity contribution is 5.84. The van der Waals surface area contributed by atoms with Crippen LogP contribution >= 0.6 is 0 Å². The maximum atomic E-state index is 13.6. The number of nitrogens with two attached hydrogens (primary N) is 1. The summed E-state index contributed by atoms with van der Waals surface area (Å²) in [5.74, 6) is 4.54. The topological polar surface area (TPSA) is 55.1 Å². The monoisotopic (exact) mass is 328 g/mol. The van der Waals surface area contributed by atoms with Gasteiger partial charge in [-0.15, -0.1) is 0 Å². The van der Waals surface area contributed by atoms with E-state index in [1.54, 1.807) is 0 Å². The molecule has 8 rings (SSSR count).